The molecule has 4 aromatic rings. The van der Waals surface area contributed by atoms with Crippen molar-refractivity contribution in [3.63, 3.8) is 0 Å². The molecular formula is C27H28N4O2S. The number of carbonyl (C=O) groups is 2. The molecule has 0 aliphatic rings. The van der Waals surface area contributed by atoms with E-state index in [2.05, 4.69) is 15.6 Å². The molecule has 0 aliphatic carbocycles. The Labute approximate surface area is 203 Å². The number of carbonyl (C=O) groups excluding carboxylic acids is 2. The van der Waals surface area contributed by atoms with E-state index in [0.29, 0.717) is 12.1 Å². The van der Waals surface area contributed by atoms with Crippen molar-refractivity contribution < 1.29 is 9.59 Å². The molecule has 0 fully saturated rings. The number of hydrogen-bond acceptors (Lipinski definition) is 4. The highest BCUT2D eigenvalue weighted by atomic mass is 32.2. The van der Waals surface area contributed by atoms with Crippen LogP contribution in [0.1, 0.15) is 41.9 Å². The number of fused-ring (bicyclic) bond motifs is 1. The maximum absolute atomic E-state index is 12.6. The number of thioether (sulfide) groups is 1. The lowest BCUT2D eigenvalue weighted by atomic mass is 10.1. The number of amides is 2. The third kappa shape index (κ3) is 6.05. The van der Waals surface area contributed by atoms with Crippen LogP contribution >= 0.6 is 11.8 Å². The first-order valence-corrected chi connectivity index (χ1v) is 12.3. The van der Waals surface area contributed by atoms with Crippen LogP contribution in [-0.4, -0.2) is 21.2 Å². The second kappa shape index (κ2) is 11.0. The molecule has 0 bridgehead atoms. The largest absolute Gasteiger partial charge is 0.348 e. The first-order valence-electron chi connectivity index (χ1n) is 11.4. The number of nitrogens with one attached hydrogen (secondary N) is 2. The maximum Gasteiger partial charge on any atom is 0.251 e. The molecule has 34 heavy (non-hydrogen) atoms. The normalized spacial score (nSPS) is 11.8. The zero-order chi connectivity index (χ0) is 23.9. The number of nitrogens with zero attached hydrogens (tertiary/aromatic N) is 2. The molecule has 2 heterocycles. The van der Waals surface area contributed by atoms with E-state index in [1.54, 1.807) is 11.8 Å². The van der Waals surface area contributed by atoms with Crippen LogP contribution in [0.4, 0.5) is 5.69 Å². The quantitative estimate of drug-likeness (QED) is 0.314. The number of imidazole rings is 1. The van der Waals surface area contributed by atoms with Crippen molar-refractivity contribution in [2.75, 3.05) is 5.32 Å². The summed E-state index contributed by atoms with van der Waals surface area (Å²) >= 11 is 1.69. The molecule has 2 aromatic heterocycles. The van der Waals surface area contributed by atoms with Gasteiger partial charge >= 0.3 is 0 Å². The molecule has 2 aromatic carbocycles. The fraction of sp³-hybridized carbons (Fsp3) is 0.222. The van der Waals surface area contributed by atoms with E-state index in [0.717, 1.165) is 39.7 Å². The molecule has 0 saturated carbocycles. The second-order valence-electron chi connectivity index (χ2n) is 8.19. The highest BCUT2D eigenvalue weighted by molar-refractivity contribution is 7.98. The van der Waals surface area contributed by atoms with Crippen LogP contribution in [0, 0.1) is 5.92 Å². The van der Waals surface area contributed by atoms with Crippen LogP contribution in [0.2, 0.25) is 0 Å². The Morgan fingerprint density at radius 1 is 1.06 bits per heavy atom. The van der Waals surface area contributed by atoms with Crippen LogP contribution in [0.15, 0.2) is 84.0 Å². The molecule has 2 N–H and O–H groups in total. The van der Waals surface area contributed by atoms with E-state index in [1.165, 1.54) is 0 Å². The molecule has 0 radical (unpaired) electrons. The lowest BCUT2D eigenvalue weighted by Crippen LogP contribution is -2.23. The summed E-state index contributed by atoms with van der Waals surface area (Å²) in [6.07, 6.45) is 4.82. The van der Waals surface area contributed by atoms with E-state index in [-0.39, 0.29) is 17.7 Å². The van der Waals surface area contributed by atoms with Crippen LogP contribution in [0.25, 0.3) is 5.65 Å². The van der Waals surface area contributed by atoms with E-state index in [9.17, 15) is 9.59 Å². The van der Waals surface area contributed by atoms with Gasteiger partial charge in [0.25, 0.3) is 5.91 Å². The molecule has 0 saturated heterocycles. The van der Waals surface area contributed by atoms with Gasteiger partial charge in [-0.05, 0) is 60.5 Å². The predicted octanol–water partition coefficient (Wildman–Crippen LogP) is 5.54. The van der Waals surface area contributed by atoms with E-state index in [4.69, 9.17) is 0 Å². The van der Waals surface area contributed by atoms with Gasteiger partial charge in [0, 0.05) is 46.8 Å². The van der Waals surface area contributed by atoms with Crippen LogP contribution in [0.5, 0.6) is 0 Å². The molecule has 6 nitrogen and oxygen atoms in total. The number of anilines is 1. The maximum atomic E-state index is 12.6. The molecular weight excluding hydrogens is 444 g/mol. The van der Waals surface area contributed by atoms with Crippen molar-refractivity contribution >= 4 is 34.9 Å². The summed E-state index contributed by atoms with van der Waals surface area (Å²) in [4.78, 5) is 30.4. The van der Waals surface area contributed by atoms with E-state index in [1.807, 2.05) is 97.4 Å². The Hall–Kier alpha value is -3.58. The van der Waals surface area contributed by atoms with Gasteiger partial charge in [-0.1, -0.05) is 32.0 Å². The highest BCUT2D eigenvalue weighted by Crippen LogP contribution is 2.23. The predicted molar refractivity (Wildman–Crippen MR) is 137 cm³/mol. The summed E-state index contributed by atoms with van der Waals surface area (Å²) in [5.41, 5.74) is 4.23. The van der Waals surface area contributed by atoms with Gasteiger partial charge in [-0.3, -0.25) is 9.59 Å². The standard InChI is InChI=1S/C27H28N4O2S/c1-3-19(2)26(32)30-22-8-6-7-20(15-22)16-28-27(33)21-10-12-24(13-11-21)34-18-23-17-31-14-5-4-9-25(31)29-23/h4-15,17,19H,3,16,18H2,1-2H3,(H,28,33)(H,30,32). The molecule has 174 valence electrons. The summed E-state index contributed by atoms with van der Waals surface area (Å²) in [5.74, 6) is 0.592. The van der Waals surface area contributed by atoms with Crippen molar-refractivity contribution in [2.24, 2.45) is 5.92 Å². The first-order chi connectivity index (χ1) is 16.5. The minimum Gasteiger partial charge on any atom is -0.348 e. The zero-order valence-electron chi connectivity index (χ0n) is 19.3. The van der Waals surface area contributed by atoms with Gasteiger partial charge in [0.1, 0.15) is 5.65 Å². The third-order valence-corrected chi connectivity index (χ3v) is 6.67. The minimum absolute atomic E-state index is 0.00262. The summed E-state index contributed by atoms with van der Waals surface area (Å²) in [5, 5.41) is 5.88. The molecule has 0 aliphatic heterocycles. The van der Waals surface area contributed by atoms with E-state index < -0.39 is 0 Å². The number of aromatic nitrogens is 2. The topological polar surface area (TPSA) is 75.5 Å². The number of benzene rings is 2. The average molecular weight is 473 g/mol. The van der Waals surface area contributed by atoms with Crippen LogP contribution < -0.4 is 10.6 Å². The average Bonchev–Trinajstić information content (AvgIpc) is 3.29. The monoisotopic (exact) mass is 472 g/mol. The number of pyridine rings is 1. The van der Waals surface area contributed by atoms with Gasteiger partial charge in [-0.15, -0.1) is 11.8 Å². The fourth-order valence-corrected chi connectivity index (χ4v) is 4.19. The Bertz CT molecular complexity index is 1250. The summed E-state index contributed by atoms with van der Waals surface area (Å²) in [6.45, 7) is 4.28. The van der Waals surface area contributed by atoms with Crippen LogP contribution in [-0.2, 0) is 17.1 Å². The summed E-state index contributed by atoms with van der Waals surface area (Å²) in [6, 6.07) is 21.1. The van der Waals surface area contributed by atoms with Gasteiger partial charge in [-0.2, -0.15) is 0 Å². The van der Waals surface area contributed by atoms with Crippen molar-refractivity contribution in [3.05, 3.63) is 95.9 Å². The lowest BCUT2D eigenvalue weighted by molar-refractivity contribution is -0.119. The van der Waals surface area contributed by atoms with Gasteiger partial charge in [0.15, 0.2) is 0 Å². The Morgan fingerprint density at radius 3 is 2.65 bits per heavy atom. The third-order valence-electron chi connectivity index (χ3n) is 5.62. The smallest absolute Gasteiger partial charge is 0.251 e. The van der Waals surface area contributed by atoms with Gasteiger partial charge < -0.3 is 15.0 Å². The van der Waals surface area contributed by atoms with Crippen molar-refractivity contribution in [2.45, 2.75) is 37.5 Å². The Kier molecular flexibility index (Phi) is 7.65. The number of rotatable bonds is 9. The Morgan fingerprint density at radius 2 is 1.88 bits per heavy atom. The second-order valence-corrected chi connectivity index (χ2v) is 9.24. The molecule has 1 atom stereocenters. The van der Waals surface area contributed by atoms with Crippen molar-refractivity contribution in [1.29, 1.82) is 0 Å². The molecule has 7 heteroatoms. The van der Waals surface area contributed by atoms with Crippen LogP contribution in [0.3, 0.4) is 0 Å². The fourth-order valence-electron chi connectivity index (χ4n) is 3.41. The lowest BCUT2D eigenvalue weighted by Gasteiger charge is -2.11. The van der Waals surface area contributed by atoms with Gasteiger partial charge in [0.2, 0.25) is 5.91 Å². The molecule has 2 amide bonds. The summed E-state index contributed by atoms with van der Waals surface area (Å²) in [7, 11) is 0. The van der Waals surface area contributed by atoms with Gasteiger partial charge in [-0.25, -0.2) is 4.98 Å². The SMILES string of the molecule is CCC(C)C(=O)Nc1cccc(CNC(=O)c2ccc(SCc3cn4ccccc4n3)cc2)c1. The Balaban J connectivity index is 1.29. The summed E-state index contributed by atoms with van der Waals surface area (Å²) < 4.78 is 2.01. The molecule has 0 spiro atoms. The van der Waals surface area contributed by atoms with E-state index >= 15 is 0 Å². The van der Waals surface area contributed by atoms with Crippen molar-refractivity contribution in [1.82, 2.24) is 14.7 Å². The molecule has 4 rings (SSSR count). The van der Waals surface area contributed by atoms with Crippen molar-refractivity contribution in [3.8, 4) is 0 Å². The highest BCUT2D eigenvalue weighted by Gasteiger charge is 2.11. The zero-order valence-corrected chi connectivity index (χ0v) is 20.1. The number of hydrogen-bond donors (Lipinski definition) is 2. The first kappa shape index (κ1) is 23.6. The van der Waals surface area contributed by atoms with Gasteiger partial charge in [0.05, 0.1) is 5.69 Å². The molecule has 1 unspecified atom stereocenters. The minimum atomic E-state index is -0.133.